The largest absolute Gasteiger partial charge is 0.491 e. The fraction of sp³-hybridized carbons (Fsp3) is 0.500. The number of amides is 1. The number of aliphatic hydroxyl groups excluding tert-OH is 1. The Labute approximate surface area is 165 Å². The lowest BCUT2D eigenvalue weighted by atomic mass is 10.2. The smallest absolute Gasteiger partial charge is 0.239 e. The van der Waals surface area contributed by atoms with Crippen LogP contribution in [0.1, 0.15) is 11.3 Å². The number of benzene rings is 1. The quantitative estimate of drug-likeness (QED) is 0.704. The lowest BCUT2D eigenvalue weighted by Gasteiger charge is -2.35. The van der Waals surface area contributed by atoms with Gasteiger partial charge < -0.3 is 19.7 Å². The molecule has 1 unspecified atom stereocenters. The molecular weight excluding hydrogens is 360 g/mol. The Morgan fingerprint density at radius 3 is 2.68 bits per heavy atom. The number of rotatable bonds is 8. The number of aryl methyl sites for hydroxylation is 2. The molecule has 3 rings (SSSR count). The Bertz CT molecular complexity index is 771. The van der Waals surface area contributed by atoms with Crippen molar-refractivity contribution in [3.8, 4) is 5.75 Å². The summed E-state index contributed by atoms with van der Waals surface area (Å²) in [6, 6.07) is 9.49. The Morgan fingerprint density at radius 2 is 2.00 bits per heavy atom. The van der Waals surface area contributed by atoms with Crippen molar-refractivity contribution in [3.63, 3.8) is 0 Å². The minimum atomic E-state index is -0.550. The number of hydrogen-bond donors (Lipinski definition) is 2. The molecule has 1 amide bonds. The number of carbonyl (C=O) groups excluding carboxylic acids is 1. The molecule has 1 aliphatic rings. The van der Waals surface area contributed by atoms with Gasteiger partial charge >= 0.3 is 0 Å². The van der Waals surface area contributed by atoms with Gasteiger partial charge in [-0.25, -0.2) is 0 Å². The molecule has 1 aromatic carbocycles. The zero-order chi connectivity index (χ0) is 19.9. The maximum absolute atomic E-state index is 12.1. The number of piperazine rings is 1. The molecule has 1 aliphatic heterocycles. The first kappa shape index (κ1) is 20.3. The van der Waals surface area contributed by atoms with Crippen molar-refractivity contribution in [2.45, 2.75) is 20.0 Å². The van der Waals surface area contributed by atoms with Gasteiger partial charge in [-0.15, -0.1) is 0 Å². The predicted octanol–water partition coefficient (Wildman–Crippen LogP) is 1.29. The van der Waals surface area contributed by atoms with E-state index in [1.54, 1.807) is 13.0 Å². The molecule has 28 heavy (non-hydrogen) atoms. The monoisotopic (exact) mass is 388 g/mol. The number of carbonyl (C=O) groups is 1. The van der Waals surface area contributed by atoms with Crippen LogP contribution in [0.15, 0.2) is 34.9 Å². The number of ether oxygens (including phenoxy) is 1. The van der Waals surface area contributed by atoms with Crippen molar-refractivity contribution in [2.24, 2.45) is 0 Å². The van der Waals surface area contributed by atoms with E-state index in [1.807, 2.05) is 31.2 Å². The van der Waals surface area contributed by atoms with Gasteiger partial charge in [-0.05, 0) is 31.5 Å². The molecule has 0 spiro atoms. The summed E-state index contributed by atoms with van der Waals surface area (Å²) >= 11 is 0. The van der Waals surface area contributed by atoms with Crippen LogP contribution in [-0.2, 0) is 4.79 Å². The summed E-state index contributed by atoms with van der Waals surface area (Å²) in [5, 5.41) is 16.7. The summed E-state index contributed by atoms with van der Waals surface area (Å²) in [6.07, 6.45) is -0.550. The Kier molecular flexibility index (Phi) is 7.02. The highest BCUT2D eigenvalue weighted by atomic mass is 16.5. The Hall–Kier alpha value is -2.42. The van der Waals surface area contributed by atoms with Gasteiger partial charge in [0, 0.05) is 38.8 Å². The second kappa shape index (κ2) is 9.68. The summed E-state index contributed by atoms with van der Waals surface area (Å²) in [7, 11) is 0. The molecule has 2 aromatic rings. The summed E-state index contributed by atoms with van der Waals surface area (Å²) in [5.74, 6) is 1.78. The van der Waals surface area contributed by atoms with E-state index in [-0.39, 0.29) is 12.5 Å². The van der Waals surface area contributed by atoms with Crippen LogP contribution in [0, 0.1) is 13.8 Å². The van der Waals surface area contributed by atoms with Crippen LogP contribution in [0.2, 0.25) is 0 Å². The highest BCUT2D eigenvalue weighted by Crippen LogP contribution is 2.13. The Morgan fingerprint density at radius 1 is 1.25 bits per heavy atom. The average molecular weight is 388 g/mol. The number of anilines is 1. The number of β-amino-alcohol motifs (C(OH)–C–C–N with tert-alkyl or cyclic N) is 1. The Balaban J connectivity index is 1.33. The molecule has 1 fully saturated rings. The molecule has 0 radical (unpaired) electrons. The van der Waals surface area contributed by atoms with E-state index in [2.05, 4.69) is 20.3 Å². The van der Waals surface area contributed by atoms with Crippen LogP contribution in [0.4, 0.5) is 5.82 Å². The fourth-order valence-electron chi connectivity index (χ4n) is 3.19. The SMILES string of the molecule is Cc1cccc(OCC(O)CN2CCN(CC(=O)Nc3cc(C)on3)CC2)c1. The van der Waals surface area contributed by atoms with Crippen molar-refractivity contribution in [1.29, 1.82) is 0 Å². The third-order valence-electron chi connectivity index (χ3n) is 4.63. The highest BCUT2D eigenvalue weighted by Gasteiger charge is 2.21. The molecule has 1 saturated heterocycles. The van der Waals surface area contributed by atoms with Crippen LogP contribution in [0.25, 0.3) is 0 Å². The second-order valence-electron chi connectivity index (χ2n) is 7.23. The number of hydrogen-bond acceptors (Lipinski definition) is 7. The van der Waals surface area contributed by atoms with E-state index < -0.39 is 6.10 Å². The minimum Gasteiger partial charge on any atom is -0.491 e. The van der Waals surface area contributed by atoms with Crippen molar-refractivity contribution < 1.29 is 19.2 Å². The van der Waals surface area contributed by atoms with Gasteiger partial charge in [0.25, 0.3) is 0 Å². The van der Waals surface area contributed by atoms with Crippen LogP contribution in [0.3, 0.4) is 0 Å². The molecule has 0 bridgehead atoms. The third kappa shape index (κ3) is 6.33. The van der Waals surface area contributed by atoms with Gasteiger partial charge in [-0.1, -0.05) is 17.3 Å². The van der Waals surface area contributed by atoms with Gasteiger partial charge in [0.1, 0.15) is 24.2 Å². The molecular formula is C20H28N4O4. The van der Waals surface area contributed by atoms with E-state index in [0.717, 1.165) is 37.5 Å². The maximum atomic E-state index is 12.1. The third-order valence-corrected chi connectivity index (χ3v) is 4.63. The zero-order valence-corrected chi connectivity index (χ0v) is 16.4. The minimum absolute atomic E-state index is 0.103. The van der Waals surface area contributed by atoms with Gasteiger partial charge in [0.05, 0.1) is 6.54 Å². The maximum Gasteiger partial charge on any atom is 0.239 e. The molecule has 0 aliphatic carbocycles. The van der Waals surface area contributed by atoms with Crippen LogP contribution < -0.4 is 10.1 Å². The number of aromatic nitrogens is 1. The summed E-state index contributed by atoms with van der Waals surface area (Å²) < 4.78 is 10.6. The fourth-order valence-corrected chi connectivity index (χ4v) is 3.19. The predicted molar refractivity (Wildman–Crippen MR) is 105 cm³/mol. The second-order valence-corrected chi connectivity index (χ2v) is 7.23. The molecule has 2 heterocycles. The van der Waals surface area contributed by atoms with Crippen LogP contribution in [-0.4, -0.2) is 77.9 Å². The summed E-state index contributed by atoms with van der Waals surface area (Å²) in [5.41, 5.74) is 1.13. The van der Waals surface area contributed by atoms with Gasteiger partial charge in [0.15, 0.2) is 5.82 Å². The van der Waals surface area contributed by atoms with E-state index in [1.165, 1.54) is 0 Å². The molecule has 8 heteroatoms. The van der Waals surface area contributed by atoms with Crippen molar-refractivity contribution in [2.75, 3.05) is 51.2 Å². The van der Waals surface area contributed by atoms with E-state index >= 15 is 0 Å². The highest BCUT2D eigenvalue weighted by molar-refractivity contribution is 5.91. The van der Waals surface area contributed by atoms with E-state index in [9.17, 15) is 9.90 Å². The zero-order valence-electron chi connectivity index (χ0n) is 16.4. The lowest BCUT2D eigenvalue weighted by Crippen LogP contribution is -2.50. The first-order valence-electron chi connectivity index (χ1n) is 9.53. The summed E-state index contributed by atoms with van der Waals surface area (Å²) in [4.78, 5) is 16.4. The topological polar surface area (TPSA) is 91.1 Å². The molecule has 2 N–H and O–H groups in total. The van der Waals surface area contributed by atoms with Crippen LogP contribution in [0.5, 0.6) is 5.75 Å². The van der Waals surface area contributed by atoms with Crippen molar-refractivity contribution in [1.82, 2.24) is 15.0 Å². The van der Waals surface area contributed by atoms with Gasteiger partial charge in [0.2, 0.25) is 5.91 Å². The molecule has 152 valence electrons. The lowest BCUT2D eigenvalue weighted by molar-refractivity contribution is -0.117. The number of aliphatic hydroxyl groups is 1. The van der Waals surface area contributed by atoms with Crippen molar-refractivity contribution >= 4 is 11.7 Å². The average Bonchev–Trinajstić information content (AvgIpc) is 3.06. The molecule has 8 nitrogen and oxygen atoms in total. The standard InChI is InChI=1S/C20H28N4O4/c1-15-4-3-5-18(10-15)27-14-17(25)12-23-6-8-24(9-7-23)13-20(26)21-19-11-16(2)28-22-19/h3-5,10-11,17,25H,6-9,12-14H2,1-2H3,(H,21,22,26). The first-order chi connectivity index (χ1) is 13.5. The number of nitrogens with one attached hydrogen (secondary N) is 1. The van der Waals surface area contributed by atoms with E-state index in [4.69, 9.17) is 9.26 Å². The molecule has 1 aromatic heterocycles. The molecule has 1 atom stereocenters. The van der Waals surface area contributed by atoms with Gasteiger partial charge in [-0.2, -0.15) is 0 Å². The normalized spacial score (nSPS) is 16.7. The van der Waals surface area contributed by atoms with Crippen LogP contribution >= 0.6 is 0 Å². The number of nitrogens with zero attached hydrogens (tertiary/aromatic N) is 3. The first-order valence-corrected chi connectivity index (χ1v) is 9.53. The molecule has 0 saturated carbocycles. The van der Waals surface area contributed by atoms with Gasteiger partial charge in [-0.3, -0.25) is 14.6 Å². The van der Waals surface area contributed by atoms with Crippen molar-refractivity contribution in [3.05, 3.63) is 41.7 Å². The summed E-state index contributed by atoms with van der Waals surface area (Å²) in [6.45, 7) is 8.09. The van der Waals surface area contributed by atoms with E-state index in [0.29, 0.717) is 24.7 Å².